The fourth-order valence-corrected chi connectivity index (χ4v) is 2.19. The second-order valence-corrected chi connectivity index (χ2v) is 4.96. The van der Waals surface area contributed by atoms with Gasteiger partial charge in [-0.3, -0.25) is 0 Å². The molecule has 3 nitrogen and oxygen atoms in total. The number of aromatic nitrogens is 2. The molecule has 0 amide bonds. The SMILES string of the molecule is CCCCCCCC(O)c1cc(C)nnc1CC. The summed E-state index contributed by atoms with van der Waals surface area (Å²) in [5.41, 5.74) is 2.79. The van der Waals surface area contributed by atoms with Crippen LogP contribution in [0.2, 0.25) is 0 Å². The standard InChI is InChI=1S/C15H26N2O/c1-4-6-7-8-9-10-15(18)13-11-12(3)16-17-14(13)5-2/h11,15,18H,4-10H2,1-3H3. The lowest BCUT2D eigenvalue weighted by Gasteiger charge is -2.14. The number of hydrogen-bond donors (Lipinski definition) is 1. The van der Waals surface area contributed by atoms with Gasteiger partial charge >= 0.3 is 0 Å². The summed E-state index contributed by atoms with van der Waals surface area (Å²) in [6.45, 7) is 6.19. The topological polar surface area (TPSA) is 46.0 Å². The van der Waals surface area contributed by atoms with E-state index < -0.39 is 0 Å². The quantitative estimate of drug-likeness (QED) is 0.715. The molecule has 18 heavy (non-hydrogen) atoms. The first-order valence-corrected chi connectivity index (χ1v) is 7.20. The van der Waals surface area contributed by atoms with Crippen molar-refractivity contribution in [3.8, 4) is 0 Å². The van der Waals surface area contributed by atoms with E-state index in [0.29, 0.717) is 0 Å². The van der Waals surface area contributed by atoms with E-state index in [4.69, 9.17) is 0 Å². The number of rotatable bonds is 8. The summed E-state index contributed by atoms with van der Waals surface area (Å²) in [7, 11) is 0. The van der Waals surface area contributed by atoms with Crippen LogP contribution in [-0.2, 0) is 6.42 Å². The molecule has 0 spiro atoms. The number of aryl methyl sites for hydroxylation is 2. The molecular formula is C15H26N2O. The molecule has 0 aliphatic rings. The smallest absolute Gasteiger partial charge is 0.0809 e. The fraction of sp³-hybridized carbons (Fsp3) is 0.733. The average molecular weight is 250 g/mol. The molecule has 1 atom stereocenters. The molecule has 0 bridgehead atoms. The van der Waals surface area contributed by atoms with Crippen molar-refractivity contribution < 1.29 is 5.11 Å². The van der Waals surface area contributed by atoms with Crippen molar-refractivity contribution in [2.75, 3.05) is 0 Å². The maximum absolute atomic E-state index is 10.2. The number of nitrogens with zero attached hydrogens (tertiary/aromatic N) is 2. The van der Waals surface area contributed by atoms with Crippen molar-refractivity contribution in [2.24, 2.45) is 0 Å². The van der Waals surface area contributed by atoms with Gasteiger partial charge in [-0.1, -0.05) is 46.0 Å². The third-order valence-electron chi connectivity index (χ3n) is 3.30. The first-order chi connectivity index (χ1) is 8.69. The Kier molecular flexibility index (Phi) is 6.88. The third kappa shape index (κ3) is 4.73. The van der Waals surface area contributed by atoms with E-state index in [0.717, 1.165) is 36.2 Å². The normalized spacial score (nSPS) is 12.7. The maximum atomic E-state index is 10.2. The second kappa shape index (κ2) is 8.20. The highest BCUT2D eigenvalue weighted by atomic mass is 16.3. The van der Waals surface area contributed by atoms with Crippen LogP contribution in [0.1, 0.15) is 75.4 Å². The summed E-state index contributed by atoms with van der Waals surface area (Å²) < 4.78 is 0. The Morgan fingerprint density at radius 3 is 2.50 bits per heavy atom. The number of aliphatic hydroxyl groups is 1. The first kappa shape index (κ1) is 15.1. The van der Waals surface area contributed by atoms with Gasteiger partial charge in [0.15, 0.2) is 0 Å². The molecule has 102 valence electrons. The van der Waals surface area contributed by atoms with E-state index in [9.17, 15) is 5.11 Å². The molecule has 1 N–H and O–H groups in total. The molecule has 0 fully saturated rings. The van der Waals surface area contributed by atoms with Gasteiger partial charge in [0.25, 0.3) is 0 Å². The zero-order chi connectivity index (χ0) is 13.4. The van der Waals surface area contributed by atoms with E-state index in [1.807, 2.05) is 13.0 Å². The number of hydrogen-bond acceptors (Lipinski definition) is 3. The zero-order valence-electron chi connectivity index (χ0n) is 11.9. The Labute approximate surface area is 111 Å². The molecule has 0 aliphatic heterocycles. The van der Waals surface area contributed by atoms with Crippen LogP contribution in [0.25, 0.3) is 0 Å². The Morgan fingerprint density at radius 2 is 1.83 bits per heavy atom. The Hall–Kier alpha value is -0.960. The third-order valence-corrected chi connectivity index (χ3v) is 3.30. The number of unbranched alkanes of at least 4 members (excludes halogenated alkanes) is 4. The zero-order valence-corrected chi connectivity index (χ0v) is 11.9. The highest BCUT2D eigenvalue weighted by molar-refractivity contribution is 5.23. The lowest BCUT2D eigenvalue weighted by atomic mass is 10.00. The van der Waals surface area contributed by atoms with Crippen LogP contribution in [-0.4, -0.2) is 15.3 Å². The molecule has 1 aromatic rings. The summed E-state index contributed by atoms with van der Waals surface area (Å²) in [6, 6.07) is 1.97. The Bertz CT molecular complexity index is 352. The van der Waals surface area contributed by atoms with Gasteiger partial charge in [-0.05, 0) is 25.8 Å². The van der Waals surface area contributed by atoms with Crippen molar-refractivity contribution in [2.45, 2.75) is 71.8 Å². The Balaban J connectivity index is 2.49. The molecule has 0 radical (unpaired) electrons. The van der Waals surface area contributed by atoms with Crippen LogP contribution in [0.4, 0.5) is 0 Å². The van der Waals surface area contributed by atoms with Crippen LogP contribution < -0.4 is 0 Å². The van der Waals surface area contributed by atoms with E-state index in [1.54, 1.807) is 0 Å². The lowest BCUT2D eigenvalue weighted by Crippen LogP contribution is -2.06. The van der Waals surface area contributed by atoms with Crippen LogP contribution in [0.15, 0.2) is 6.07 Å². The fourth-order valence-electron chi connectivity index (χ4n) is 2.19. The van der Waals surface area contributed by atoms with E-state index >= 15 is 0 Å². The lowest BCUT2D eigenvalue weighted by molar-refractivity contribution is 0.161. The summed E-state index contributed by atoms with van der Waals surface area (Å²) in [5.74, 6) is 0. The summed E-state index contributed by atoms with van der Waals surface area (Å²) in [4.78, 5) is 0. The van der Waals surface area contributed by atoms with E-state index in [-0.39, 0.29) is 6.10 Å². The molecule has 1 rings (SSSR count). The minimum atomic E-state index is -0.379. The minimum absolute atomic E-state index is 0.379. The van der Waals surface area contributed by atoms with Gasteiger partial charge in [-0.15, -0.1) is 0 Å². The monoisotopic (exact) mass is 250 g/mol. The Morgan fingerprint density at radius 1 is 1.11 bits per heavy atom. The predicted molar refractivity (Wildman–Crippen MR) is 74.5 cm³/mol. The second-order valence-electron chi connectivity index (χ2n) is 4.96. The molecule has 1 heterocycles. The first-order valence-electron chi connectivity index (χ1n) is 7.20. The molecular weight excluding hydrogens is 224 g/mol. The van der Waals surface area contributed by atoms with Crippen molar-refractivity contribution in [1.82, 2.24) is 10.2 Å². The van der Waals surface area contributed by atoms with E-state index in [1.165, 1.54) is 25.7 Å². The summed E-state index contributed by atoms with van der Waals surface area (Å²) >= 11 is 0. The van der Waals surface area contributed by atoms with Crippen molar-refractivity contribution in [3.63, 3.8) is 0 Å². The van der Waals surface area contributed by atoms with Gasteiger partial charge in [0.05, 0.1) is 17.5 Å². The van der Waals surface area contributed by atoms with E-state index in [2.05, 4.69) is 24.0 Å². The summed E-state index contributed by atoms with van der Waals surface area (Å²) in [6.07, 6.45) is 7.42. The largest absolute Gasteiger partial charge is 0.388 e. The average Bonchev–Trinajstić information content (AvgIpc) is 2.38. The van der Waals surface area contributed by atoms with Gasteiger partial charge in [0.2, 0.25) is 0 Å². The highest BCUT2D eigenvalue weighted by Crippen LogP contribution is 2.23. The molecule has 1 aromatic heterocycles. The highest BCUT2D eigenvalue weighted by Gasteiger charge is 2.13. The molecule has 0 aliphatic carbocycles. The minimum Gasteiger partial charge on any atom is -0.388 e. The van der Waals surface area contributed by atoms with Crippen molar-refractivity contribution in [1.29, 1.82) is 0 Å². The summed E-state index contributed by atoms with van der Waals surface area (Å²) in [5, 5.41) is 18.5. The molecule has 0 saturated heterocycles. The van der Waals surface area contributed by atoms with Crippen LogP contribution in [0, 0.1) is 6.92 Å². The van der Waals surface area contributed by atoms with Crippen LogP contribution >= 0.6 is 0 Å². The maximum Gasteiger partial charge on any atom is 0.0809 e. The van der Waals surface area contributed by atoms with Gasteiger partial charge < -0.3 is 5.11 Å². The molecule has 0 saturated carbocycles. The van der Waals surface area contributed by atoms with Gasteiger partial charge in [-0.2, -0.15) is 10.2 Å². The van der Waals surface area contributed by atoms with Gasteiger partial charge in [0, 0.05) is 5.56 Å². The van der Waals surface area contributed by atoms with Crippen molar-refractivity contribution >= 4 is 0 Å². The molecule has 3 heteroatoms. The van der Waals surface area contributed by atoms with Gasteiger partial charge in [-0.25, -0.2) is 0 Å². The van der Waals surface area contributed by atoms with Crippen LogP contribution in [0.5, 0.6) is 0 Å². The van der Waals surface area contributed by atoms with Crippen LogP contribution in [0.3, 0.4) is 0 Å². The van der Waals surface area contributed by atoms with Crippen molar-refractivity contribution in [3.05, 3.63) is 23.0 Å². The number of aliphatic hydroxyl groups excluding tert-OH is 1. The van der Waals surface area contributed by atoms with Gasteiger partial charge in [0.1, 0.15) is 0 Å². The molecule has 1 unspecified atom stereocenters. The predicted octanol–water partition coefficient (Wildman–Crippen LogP) is 3.74. The molecule has 0 aromatic carbocycles.